The van der Waals surface area contributed by atoms with Crippen LogP contribution in [0.15, 0.2) is 11.6 Å². The first-order chi connectivity index (χ1) is 13.8. The van der Waals surface area contributed by atoms with E-state index in [9.17, 15) is 9.59 Å². The number of allylic oxidation sites excluding steroid dienone is 1. The Balaban J connectivity index is 1.24. The number of ether oxygens (including phenoxy) is 1. The third-order valence-corrected chi connectivity index (χ3v) is 12.0. The van der Waals surface area contributed by atoms with E-state index in [1.165, 1.54) is 25.7 Å². The van der Waals surface area contributed by atoms with E-state index in [1.54, 1.807) is 5.57 Å². The molecule has 0 radical (unpaired) electrons. The number of carbonyl (C=O) groups is 2. The van der Waals surface area contributed by atoms with Gasteiger partial charge in [-0.1, -0.05) is 19.4 Å². The van der Waals surface area contributed by atoms with Crippen LogP contribution in [0.25, 0.3) is 0 Å². The molecule has 7 fully saturated rings. The molecule has 0 amide bonds. The molecule has 3 heteroatoms. The van der Waals surface area contributed by atoms with Crippen LogP contribution >= 0.6 is 0 Å². The van der Waals surface area contributed by atoms with Crippen molar-refractivity contribution in [3.8, 4) is 0 Å². The quantitative estimate of drug-likeness (QED) is 0.562. The van der Waals surface area contributed by atoms with Crippen molar-refractivity contribution in [2.24, 2.45) is 57.7 Å². The molecule has 8 aliphatic rings. The minimum absolute atomic E-state index is 0.0191. The van der Waals surface area contributed by atoms with Crippen LogP contribution in [-0.2, 0) is 14.3 Å². The zero-order valence-electron chi connectivity index (χ0n) is 17.7. The lowest BCUT2D eigenvalue weighted by Gasteiger charge is -2.60. The van der Waals surface area contributed by atoms with Gasteiger partial charge in [0.1, 0.15) is 5.60 Å². The number of rotatable bonds is 0. The Morgan fingerprint density at radius 1 is 1.00 bits per heavy atom. The Hall–Kier alpha value is -1.12. The van der Waals surface area contributed by atoms with E-state index < -0.39 is 0 Å². The number of fused-ring (bicyclic) bond motifs is 12. The summed E-state index contributed by atoms with van der Waals surface area (Å²) in [5.41, 5.74) is 1.89. The van der Waals surface area contributed by atoms with E-state index in [-0.39, 0.29) is 27.8 Å². The molecule has 6 saturated carbocycles. The molecule has 3 nitrogen and oxygen atoms in total. The van der Waals surface area contributed by atoms with Crippen molar-refractivity contribution in [1.29, 1.82) is 0 Å². The minimum Gasteiger partial charge on any atom is -0.458 e. The summed E-state index contributed by atoms with van der Waals surface area (Å²) in [4.78, 5) is 25.1. The zero-order valence-corrected chi connectivity index (χ0v) is 17.7. The molecule has 1 aliphatic heterocycles. The Kier molecular flexibility index (Phi) is 2.52. The van der Waals surface area contributed by atoms with E-state index in [4.69, 9.17) is 4.74 Å². The van der Waals surface area contributed by atoms with Gasteiger partial charge in [-0.05, 0) is 98.4 Å². The highest BCUT2D eigenvalue weighted by Crippen LogP contribution is 2.83. The smallest absolute Gasteiger partial charge is 0.306 e. The summed E-state index contributed by atoms with van der Waals surface area (Å²) in [5, 5.41) is 0. The number of carbonyl (C=O) groups excluding carboxylic acids is 2. The van der Waals surface area contributed by atoms with E-state index in [1.807, 2.05) is 0 Å². The third-order valence-electron chi connectivity index (χ3n) is 12.0. The number of hydrogen-bond acceptors (Lipinski definition) is 3. The molecule has 1 saturated heterocycles. The topological polar surface area (TPSA) is 43.4 Å². The van der Waals surface area contributed by atoms with Gasteiger partial charge in [-0.25, -0.2) is 0 Å². The molecule has 1 heterocycles. The lowest BCUT2D eigenvalue weighted by atomic mass is 9.44. The van der Waals surface area contributed by atoms with Gasteiger partial charge in [-0.3, -0.25) is 9.59 Å². The summed E-state index contributed by atoms with van der Waals surface area (Å²) in [6.07, 6.45) is 12.3. The maximum Gasteiger partial charge on any atom is 0.306 e. The molecule has 0 aromatic carbocycles. The van der Waals surface area contributed by atoms with Crippen LogP contribution in [0.2, 0.25) is 0 Å². The van der Waals surface area contributed by atoms with Crippen molar-refractivity contribution in [2.45, 2.75) is 77.2 Å². The maximum atomic E-state index is 12.9. The minimum atomic E-state index is -0.133. The first kappa shape index (κ1) is 16.6. The second-order valence-electron chi connectivity index (χ2n) is 12.9. The summed E-state index contributed by atoms with van der Waals surface area (Å²) < 4.78 is 6.26. The van der Waals surface area contributed by atoms with Crippen molar-refractivity contribution in [3.05, 3.63) is 11.6 Å². The fraction of sp³-hybridized carbons (Fsp3) is 0.846. The highest BCUT2D eigenvalue weighted by Gasteiger charge is 2.81. The molecule has 0 N–H and O–H groups in total. The molecule has 0 bridgehead atoms. The highest BCUT2D eigenvalue weighted by atomic mass is 16.6. The molecule has 8 rings (SSSR count). The van der Waals surface area contributed by atoms with Gasteiger partial charge in [-0.15, -0.1) is 0 Å². The Labute approximate surface area is 173 Å². The predicted molar refractivity (Wildman–Crippen MR) is 107 cm³/mol. The third kappa shape index (κ3) is 1.60. The summed E-state index contributed by atoms with van der Waals surface area (Å²) >= 11 is 0. The molecule has 154 valence electrons. The SMILES string of the molecule is C[C@]12CC3(CC3)C(=O)C=C1[C@@H]1CC1C1C2CC[C@@]2(C)C1[C@H]1CC1[C@@]21CCC(=O)O1. The molecule has 29 heavy (non-hydrogen) atoms. The maximum absolute atomic E-state index is 12.9. The van der Waals surface area contributed by atoms with Gasteiger partial charge in [-0.2, -0.15) is 0 Å². The zero-order chi connectivity index (χ0) is 19.6. The van der Waals surface area contributed by atoms with Crippen molar-refractivity contribution in [2.75, 3.05) is 0 Å². The molecular formula is C26H32O3. The van der Waals surface area contributed by atoms with Crippen molar-refractivity contribution in [1.82, 2.24) is 0 Å². The van der Waals surface area contributed by atoms with E-state index in [0.29, 0.717) is 24.0 Å². The summed E-state index contributed by atoms with van der Waals surface area (Å²) in [5.74, 6) is 5.76. The molecule has 2 spiro atoms. The van der Waals surface area contributed by atoms with Gasteiger partial charge in [0, 0.05) is 23.2 Å². The monoisotopic (exact) mass is 392 g/mol. The second-order valence-corrected chi connectivity index (χ2v) is 12.9. The first-order valence-electron chi connectivity index (χ1n) is 12.3. The molecule has 5 unspecified atom stereocenters. The molecular weight excluding hydrogens is 360 g/mol. The second kappa shape index (κ2) is 4.41. The molecule has 0 aromatic rings. The average molecular weight is 393 g/mol. The molecule has 10 atom stereocenters. The van der Waals surface area contributed by atoms with Crippen LogP contribution in [0.1, 0.15) is 71.6 Å². The summed E-state index contributed by atoms with van der Waals surface area (Å²) in [7, 11) is 0. The fourth-order valence-corrected chi connectivity index (χ4v) is 10.7. The normalized spacial score (nSPS) is 61.9. The van der Waals surface area contributed by atoms with Gasteiger partial charge in [0.25, 0.3) is 0 Å². The molecule has 0 aromatic heterocycles. The number of esters is 1. The van der Waals surface area contributed by atoms with E-state index in [0.717, 1.165) is 55.3 Å². The van der Waals surface area contributed by atoms with Crippen molar-refractivity contribution < 1.29 is 14.3 Å². The number of ketones is 1. The fourth-order valence-electron chi connectivity index (χ4n) is 10.7. The standard InChI is InChI=1S/C26H32O3/c1-23-12-25(7-8-25)19(27)11-17(23)13-9-14(13)21-16(23)3-5-24(2)22(21)15-10-18(15)26(24)6-4-20(28)29-26/h11,13-16,18,21-22H,3-10,12H2,1-2H3/t13-,14?,15+,16?,18?,21?,22?,23-,24+,26+/m1/s1. The van der Waals surface area contributed by atoms with Gasteiger partial charge in [0.15, 0.2) is 5.78 Å². The van der Waals surface area contributed by atoms with Gasteiger partial charge < -0.3 is 4.74 Å². The average Bonchev–Trinajstić information content (AvgIpc) is 3.58. The van der Waals surface area contributed by atoms with Crippen LogP contribution in [0, 0.1) is 57.7 Å². The van der Waals surface area contributed by atoms with Crippen LogP contribution in [0.5, 0.6) is 0 Å². The van der Waals surface area contributed by atoms with Gasteiger partial charge in [0.2, 0.25) is 0 Å². The Morgan fingerprint density at radius 3 is 2.55 bits per heavy atom. The van der Waals surface area contributed by atoms with Crippen LogP contribution in [-0.4, -0.2) is 17.4 Å². The van der Waals surface area contributed by atoms with Crippen molar-refractivity contribution in [3.63, 3.8) is 0 Å². The number of hydrogen-bond donors (Lipinski definition) is 0. The lowest BCUT2D eigenvalue weighted by molar-refractivity contribution is -0.178. The van der Waals surface area contributed by atoms with Gasteiger partial charge >= 0.3 is 5.97 Å². The lowest BCUT2D eigenvalue weighted by Crippen LogP contribution is -2.58. The predicted octanol–water partition coefficient (Wildman–Crippen LogP) is 4.70. The van der Waals surface area contributed by atoms with Gasteiger partial charge in [0.05, 0.1) is 0 Å². The summed E-state index contributed by atoms with van der Waals surface area (Å²) in [6, 6.07) is 0. The van der Waals surface area contributed by atoms with Crippen LogP contribution in [0.4, 0.5) is 0 Å². The summed E-state index contributed by atoms with van der Waals surface area (Å²) in [6.45, 7) is 5.06. The first-order valence-corrected chi connectivity index (χ1v) is 12.3. The van der Waals surface area contributed by atoms with E-state index in [2.05, 4.69) is 19.9 Å². The highest BCUT2D eigenvalue weighted by molar-refractivity contribution is 5.99. The largest absolute Gasteiger partial charge is 0.458 e. The van der Waals surface area contributed by atoms with E-state index >= 15 is 0 Å². The van der Waals surface area contributed by atoms with Crippen molar-refractivity contribution >= 4 is 11.8 Å². The van der Waals surface area contributed by atoms with Crippen LogP contribution < -0.4 is 0 Å². The molecule has 7 aliphatic carbocycles. The Bertz CT molecular complexity index is 928. The van der Waals surface area contributed by atoms with Crippen LogP contribution in [0.3, 0.4) is 0 Å². The Morgan fingerprint density at radius 2 is 1.83 bits per heavy atom.